The Morgan fingerprint density at radius 2 is 1.79 bits per heavy atom. The molecule has 4 N–H and O–H groups in total. The highest BCUT2D eigenvalue weighted by Crippen LogP contribution is 2.13. The number of carbonyl (C=O) groups excluding carboxylic acids is 2. The van der Waals surface area contributed by atoms with Crippen molar-refractivity contribution in [2.75, 3.05) is 0 Å². The summed E-state index contributed by atoms with van der Waals surface area (Å²) in [5.74, 6) is -1.15. The smallest absolute Gasteiger partial charge is 0.286 e. The normalized spacial score (nSPS) is 12.6. The number of sulfonamides is 1. The molecule has 1 aromatic carbocycles. The lowest BCUT2D eigenvalue weighted by Crippen LogP contribution is -2.52. The number of rotatable bonds is 7. The third kappa shape index (κ3) is 6.18. The van der Waals surface area contributed by atoms with Crippen molar-refractivity contribution < 1.29 is 18.0 Å². The Labute approximate surface area is 172 Å². The van der Waals surface area contributed by atoms with Gasteiger partial charge >= 0.3 is 0 Å². The van der Waals surface area contributed by atoms with Crippen molar-refractivity contribution in [1.82, 2.24) is 20.6 Å². The molecule has 0 bridgehead atoms. The number of nitrogens with one attached hydrogen (secondary N) is 4. The first-order valence-electron chi connectivity index (χ1n) is 8.61. The van der Waals surface area contributed by atoms with Gasteiger partial charge in [0.25, 0.3) is 11.8 Å². The van der Waals surface area contributed by atoms with Crippen molar-refractivity contribution in [1.29, 1.82) is 0 Å². The summed E-state index contributed by atoms with van der Waals surface area (Å²) in [7, 11) is -3.89. The summed E-state index contributed by atoms with van der Waals surface area (Å²) in [6.45, 7) is 5.59. The SMILES string of the molecule is Cc1ccc(S(=O)(=O)N[C@H](CC(C)C)C(=O)NNC(=O)c2cc(Br)c[nH]2)cc1. The molecule has 0 unspecified atom stereocenters. The number of hydrazine groups is 1. The van der Waals surface area contributed by atoms with Gasteiger partial charge in [0, 0.05) is 10.7 Å². The van der Waals surface area contributed by atoms with E-state index >= 15 is 0 Å². The van der Waals surface area contributed by atoms with E-state index in [1.807, 2.05) is 20.8 Å². The monoisotopic (exact) mass is 470 g/mol. The molecule has 0 aliphatic carbocycles. The van der Waals surface area contributed by atoms with Gasteiger partial charge in [-0.25, -0.2) is 8.42 Å². The number of carbonyl (C=O) groups is 2. The van der Waals surface area contributed by atoms with E-state index in [-0.39, 0.29) is 22.9 Å². The van der Waals surface area contributed by atoms with Crippen molar-refractivity contribution in [2.45, 2.75) is 38.1 Å². The van der Waals surface area contributed by atoms with Gasteiger partial charge in [-0.1, -0.05) is 31.5 Å². The number of aromatic nitrogens is 1. The molecule has 0 aliphatic rings. The quantitative estimate of drug-likeness (QED) is 0.463. The molecule has 1 heterocycles. The lowest BCUT2D eigenvalue weighted by molar-refractivity contribution is -0.123. The summed E-state index contributed by atoms with van der Waals surface area (Å²) in [5, 5.41) is 0. The lowest BCUT2D eigenvalue weighted by atomic mass is 10.0. The van der Waals surface area contributed by atoms with Crippen molar-refractivity contribution in [3.8, 4) is 0 Å². The van der Waals surface area contributed by atoms with Crippen molar-refractivity contribution in [3.05, 3.63) is 52.3 Å². The van der Waals surface area contributed by atoms with E-state index in [1.54, 1.807) is 24.4 Å². The van der Waals surface area contributed by atoms with Crippen LogP contribution in [-0.4, -0.2) is 31.3 Å². The summed E-state index contributed by atoms with van der Waals surface area (Å²) >= 11 is 3.22. The van der Waals surface area contributed by atoms with Crippen LogP contribution < -0.4 is 15.6 Å². The van der Waals surface area contributed by atoms with Gasteiger partial charge in [-0.05, 0) is 53.4 Å². The molecular formula is C18H23BrN4O4S. The fourth-order valence-electron chi connectivity index (χ4n) is 2.42. The molecular weight excluding hydrogens is 448 g/mol. The number of halogens is 1. The Morgan fingerprint density at radius 3 is 2.32 bits per heavy atom. The third-order valence-corrected chi connectivity index (χ3v) is 5.79. The predicted octanol–water partition coefficient (Wildman–Crippen LogP) is 2.24. The molecule has 2 amide bonds. The van der Waals surface area contributed by atoms with E-state index in [4.69, 9.17) is 0 Å². The van der Waals surface area contributed by atoms with Gasteiger partial charge in [-0.3, -0.25) is 20.4 Å². The van der Waals surface area contributed by atoms with Gasteiger partial charge in [-0.2, -0.15) is 4.72 Å². The highest BCUT2D eigenvalue weighted by molar-refractivity contribution is 9.10. The average molecular weight is 471 g/mol. The van der Waals surface area contributed by atoms with Crippen LogP contribution in [0.15, 0.2) is 45.9 Å². The number of hydrogen-bond donors (Lipinski definition) is 4. The van der Waals surface area contributed by atoms with Gasteiger partial charge in [-0.15, -0.1) is 0 Å². The molecule has 152 valence electrons. The minimum atomic E-state index is -3.89. The molecule has 28 heavy (non-hydrogen) atoms. The van der Waals surface area contributed by atoms with Gasteiger partial charge in [0.05, 0.1) is 4.90 Å². The first-order chi connectivity index (χ1) is 13.1. The molecule has 0 spiro atoms. The van der Waals surface area contributed by atoms with Crippen molar-refractivity contribution in [3.63, 3.8) is 0 Å². The van der Waals surface area contributed by atoms with Crippen LogP contribution in [0.25, 0.3) is 0 Å². The maximum atomic E-state index is 12.6. The molecule has 8 nitrogen and oxygen atoms in total. The topological polar surface area (TPSA) is 120 Å². The van der Waals surface area contributed by atoms with E-state index in [9.17, 15) is 18.0 Å². The van der Waals surface area contributed by atoms with Crippen LogP contribution in [0.2, 0.25) is 0 Å². The van der Waals surface area contributed by atoms with E-state index < -0.39 is 27.9 Å². The van der Waals surface area contributed by atoms with Crippen molar-refractivity contribution >= 4 is 37.8 Å². The lowest BCUT2D eigenvalue weighted by Gasteiger charge is -2.20. The molecule has 0 saturated heterocycles. The van der Waals surface area contributed by atoms with E-state index in [0.29, 0.717) is 4.47 Å². The molecule has 0 aliphatic heterocycles. The maximum absolute atomic E-state index is 12.6. The van der Waals surface area contributed by atoms with Crippen LogP contribution in [0, 0.1) is 12.8 Å². The summed E-state index contributed by atoms with van der Waals surface area (Å²) < 4.78 is 28.3. The molecule has 10 heteroatoms. The Balaban J connectivity index is 2.08. The highest BCUT2D eigenvalue weighted by atomic mass is 79.9. The Bertz CT molecular complexity index is 939. The molecule has 2 rings (SSSR count). The van der Waals surface area contributed by atoms with Crippen LogP contribution in [0.5, 0.6) is 0 Å². The zero-order valence-corrected chi connectivity index (χ0v) is 18.1. The molecule has 1 aromatic heterocycles. The largest absolute Gasteiger partial charge is 0.356 e. The second kappa shape index (κ2) is 9.35. The number of benzene rings is 1. The standard InChI is InChI=1S/C18H23BrN4O4S/c1-11(2)8-16(23-28(26,27)14-6-4-12(3)5-7-14)18(25)22-21-17(24)15-9-13(19)10-20-15/h4-7,9-11,16,20,23H,8H2,1-3H3,(H,21,24)(H,22,25)/t16-/m1/s1. The zero-order valence-electron chi connectivity index (χ0n) is 15.7. The van der Waals surface area contributed by atoms with E-state index in [1.165, 1.54) is 12.1 Å². The highest BCUT2D eigenvalue weighted by Gasteiger charge is 2.27. The summed E-state index contributed by atoms with van der Waals surface area (Å²) in [5.41, 5.74) is 5.72. The Hall–Kier alpha value is -2.17. The van der Waals surface area contributed by atoms with Crippen molar-refractivity contribution in [2.24, 2.45) is 5.92 Å². The second-order valence-electron chi connectivity index (χ2n) is 6.79. The molecule has 2 aromatic rings. The predicted molar refractivity (Wildman–Crippen MR) is 109 cm³/mol. The van der Waals surface area contributed by atoms with Crippen LogP contribution in [-0.2, 0) is 14.8 Å². The minimum Gasteiger partial charge on any atom is -0.356 e. The average Bonchev–Trinajstić information content (AvgIpc) is 3.05. The second-order valence-corrected chi connectivity index (χ2v) is 9.42. The minimum absolute atomic E-state index is 0.0477. The number of aromatic amines is 1. The van der Waals surface area contributed by atoms with E-state index in [0.717, 1.165) is 5.56 Å². The van der Waals surface area contributed by atoms with Crippen LogP contribution in [0.4, 0.5) is 0 Å². The van der Waals surface area contributed by atoms with Crippen LogP contribution >= 0.6 is 15.9 Å². The first kappa shape index (κ1) is 22.1. The van der Waals surface area contributed by atoms with Gasteiger partial charge in [0.2, 0.25) is 10.0 Å². The van der Waals surface area contributed by atoms with E-state index in [2.05, 4.69) is 36.5 Å². The summed E-state index contributed by atoms with van der Waals surface area (Å²) in [6, 6.07) is 6.83. The fraction of sp³-hybridized carbons (Fsp3) is 0.333. The molecule has 0 saturated carbocycles. The molecule has 0 fully saturated rings. The van der Waals surface area contributed by atoms with Crippen LogP contribution in [0.3, 0.4) is 0 Å². The fourth-order valence-corrected chi connectivity index (χ4v) is 3.98. The zero-order chi connectivity index (χ0) is 20.9. The maximum Gasteiger partial charge on any atom is 0.286 e. The summed E-state index contributed by atoms with van der Waals surface area (Å²) in [4.78, 5) is 27.3. The Morgan fingerprint density at radius 1 is 1.14 bits per heavy atom. The van der Waals surface area contributed by atoms with Gasteiger partial charge < -0.3 is 4.98 Å². The number of aryl methyl sites for hydroxylation is 1. The van der Waals surface area contributed by atoms with Gasteiger partial charge in [0.1, 0.15) is 11.7 Å². The third-order valence-electron chi connectivity index (χ3n) is 3.84. The van der Waals surface area contributed by atoms with Gasteiger partial charge in [0.15, 0.2) is 0 Å². The number of amides is 2. The number of H-pyrrole nitrogens is 1. The Kier molecular flexibility index (Phi) is 7.39. The summed E-state index contributed by atoms with van der Waals surface area (Å²) in [6.07, 6.45) is 1.84. The molecule has 1 atom stereocenters. The first-order valence-corrected chi connectivity index (χ1v) is 10.9. The number of hydrogen-bond acceptors (Lipinski definition) is 4. The molecule has 0 radical (unpaired) electrons. The van der Waals surface area contributed by atoms with Crippen LogP contribution in [0.1, 0.15) is 36.3 Å².